The highest BCUT2D eigenvalue weighted by Gasteiger charge is 2.27. The Labute approximate surface area is 175 Å². The first-order valence-corrected chi connectivity index (χ1v) is 10.4. The van der Waals surface area contributed by atoms with E-state index in [0.717, 1.165) is 24.0 Å². The Kier molecular flexibility index (Phi) is 4.71. The Bertz CT molecular complexity index is 1210. The molecular formula is C25H24N4O. The van der Waals surface area contributed by atoms with Crippen LogP contribution in [0.2, 0.25) is 0 Å². The molecule has 2 N–H and O–H groups in total. The highest BCUT2D eigenvalue weighted by molar-refractivity contribution is 5.95. The van der Waals surface area contributed by atoms with Gasteiger partial charge in [-0.05, 0) is 49.1 Å². The normalized spacial score (nSPS) is 15.4. The van der Waals surface area contributed by atoms with Crippen molar-refractivity contribution in [2.75, 3.05) is 11.4 Å². The lowest BCUT2D eigenvalue weighted by molar-refractivity contribution is 0.0954. The zero-order chi connectivity index (χ0) is 20.5. The molecule has 0 bridgehead atoms. The molecule has 1 aliphatic rings. The van der Waals surface area contributed by atoms with Gasteiger partial charge in [-0.25, -0.2) is 0 Å². The van der Waals surface area contributed by atoms with E-state index < -0.39 is 0 Å². The molecule has 0 aliphatic carbocycles. The van der Waals surface area contributed by atoms with E-state index in [2.05, 4.69) is 63.5 Å². The Morgan fingerprint density at radius 2 is 2.00 bits per heavy atom. The third-order valence-corrected chi connectivity index (χ3v) is 5.83. The summed E-state index contributed by atoms with van der Waals surface area (Å²) in [7, 11) is 0. The monoisotopic (exact) mass is 396 g/mol. The minimum atomic E-state index is -0.0932. The van der Waals surface area contributed by atoms with Gasteiger partial charge in [0.25, 0.3) is 5.91 Å². The second-order valence-electron chi connectivity index (χ2n) is 7.85. The SMILES string of the molecule is CC1Cc2ccccc2N1c1cncc(C(=O)NCCc2c[nH]c3ccccc23)c1. The van der Waals surface area contributed by atoms with E-state index in [9.17, 15) is 4.79 Å². The molecule has 3 heterocycles. The van der Waals surface area contributed by atoms with Crippen LogP contribution < -0.4 is 10.2 Å². The predicted octanol–water partition coefficient (Wildman–Crippen LogP) is 4.62. The number of rotatable bonds is 5. The van der Waals surface area contributed by atoms with Gasteiger partial charge in [0.15, 0.2) is 0 Å². The van der Waals surface area contributed by atoms with Gasteiger partial charge >= 0.3 is 0 Å². The van der Waals surface area contributed by atoms with Crippen LogP contribution in [0.4, 0.5) is 11.4 Å². The van der Waals surface area contributed by atoms with Gasteiger partial charge in [0.05, 0.1) is 17.4 Å². The second kappa shape index (κ2) is 7.67. The summed E-state index contributed by atoms with van der Waals surface area (Å²) in [5.74, 6) is -0.0932. The minimum Gasteiger partial charge on any atom is -0.361 e. The first-order chi connectivity index (χ1) is 14.7. The molecule has 5 rings (SSSR count). The fourth-order valence-corrected chi connectivity index (χ4v) is 4.39. The fourth-order valence-electron chi connectivity index (χ4n) is 4.39. The lowest BCUT2D eigenvalue weighted by Gasteiger charge is -2.25. The summed E-state index contributed by atoms with van der Waals surface area (Å²) in [4.78, 5) is 22.7. The second-order valence-corrected chi connectivity index (χ2v) is 7.85. The zero-order valence-electron chi connectivity index (χ0n) is 16.9. The lowest BCUT2D eigenvalue weighted by atomic mass is 10.1. The van der Waals surface area contributed by atoms with Crippen LogP contribution in [0.1, 0.15) is 28.4 Å². The van der Waals surface area contributed by atoms with E-state index in [1.807, 2.05) is 30.6 Å². The Hall–Kier alpha value is -3.60. The van der Waals surface area contributed by atoms with Crippen molar-refractivity contribution in [1.29, 1.82) is 0 Å². The maximum absolute atomic E-state index is 12.8. The number of H-pyrrole nitrogens is 1. The van der Waals surface area contributed by atoms with Crippen molar-refractivity contribution in [2.45, 2.75) is 25.8 Å². The minimum absolute atomic E-state index is 0.0932. The van der Waals surface area contributed by atoms with E-state index in [-0.39, 0.29) is 5.91 Å². The summed E-state index contributed by atoms with van der Waals surface area (Å²) in [5.41, 5.74) is 6.40. The van der Waals surface area contributed by atoms with Crippen LogP contribution in [-0.4, -0.2) is 28.5 Å². The number of nitrogens with zero attached hydrogens (tertiary/aromatic N) is 2. The highest BCUT2D eigenvalue weighted by Crippen LogP contribution is 2.37. The number of aromatic nitrogens is 2. The summed E-state index contributed by atoms with van der Waals surface area (Å²) < 4.78 is 0. The molecule has 1 atom stereocenters. The van der Waals surface area contributed by atoms with Crippen LogP contribution in [-0.2, 0) is 12.8 Å². The molecule has 5 nitrogen and oxygen atoms in total. The zero-order valence-corrected chi connectivity index (χ0v) is 16.9. The van der Waals surface area contributed by atoms with Crippen molar-refractivity contribution in [3.05, 3.63) is 89.9 Å². The predicted molar refractivity (Wildman–Crippen MR) is 120 cm³/mol. The molecule has 4 aromatic rings. The number of carbonyl (C=O) groups is 1. The molecule has 0 radical (unpaired) electrons. The molecule has 0 saturated carbocycles. The van der Waals surface area contributed by atoms with Crippen molar-refractivity contribution in [3.8, 4) is 0 Å². The van der Waals surface area contributed by atoms with Crippen LogP contribution in [0.5, 0.6) is 0 Å². The number of pyridine rings is 1. The van der Waals surface area contributed by atoms with Crippen molar-refractivity contribution >= 4 is 28.2 Å². The fraction of sp³-hybridized carbons (Fsp3) is 0.200. The maximum Gasteiger partial charge on any atom is 0.252 e. The smallest absolute Gasteiger partial charge is 0.252 e. The number of hydrogen-bond acceptors (Lipinski definition) is 3. The lowest BCUT2D eigenvalue weighted by Crippen LogP contribution is -2.27. The molecule has 5 heteroatoms. The van der Waals surface area contributed by atoms with Gasteiger partial charge in [-0.2, -0.15) is 0 Å². The molecule has 1 unspecified atom stereocenters. The average Bonchev–Trinajstić information content (AvgIpc) is 3.34. The quantitative estimate of drug-likeness (QED) is 0.518. The van der Waals surface area contributed by atoms with Crippen molar-refractivity contribution in [1.82, 2.24) is 15.3 Å². The van der Waals surface area contributed by atoms with Crippen LogP contribution in [0.3, 0.4) is 0 Å². The van der Waals surface area contributed by atoms with Crippen LogP contribution in [0.25, 0.3) is 10.9 Å². The average molecular weight is 396 g/mol. The number of aromatic amines is 1. The number of fused-ring (bicyclic) bond motifs is 2. The van der Waals surface area contributed by atoms with Gasteiger partial charge in [0.1, 0.15) is 0 Å². The van der Waals surface area contributed by atoms with Gasteiger partial charge in [-0.15, -0.1) is 0 Å². The number of benzene rings is 2. The number of carbonyl (C=O) groups excluding carboxylic acids is 1. The third-order valence-electron chi connectivity index (χ3n) is 5.83. The topological polar surface area (TPSA) is 61.0 Å². The molecule has 150 valence electrons. The Balaban J connectivity index is 1.29. The standard InChI is InChI=1S/C25H24N4O/c1-17-12-18-6-2-5-9-24(18)29(17)21-13-20(14-26-16-21)25(30)27-11-10-19-15-28-23-8-4-3-7-22(19)23/h2-9,13-17,28H,10-12H2,1H3,(H,27,30). The summed E-state index contributed by atoms with van der Waals surface area (Å²) in [5, 5.41) is 4.24. The largest absolute Gasteiger partial charge is 0.361 e. The molecule has 1 aliphatic heterocycles. The number of amides is 1. The summed E-state index contributed by atoms with van der Waals surface area (Å²) in [6, 6.07) is 18.9. The number of anilines is 2. The van der Waals surface area contributed by atoms with E-state index in [1.165, 1.54) is 22.2 Å². The first kappa shape index (κ1) is 18.4. The van der Waals surface area contributed by atoms with Gasteiger partial charge < -0.3 is 15.2 Å². The molecule has 30 heavy (non-hydrogen) atoms. The molecule has 0 fully saturated rings. The molecular weight excluding hydrogens is 372 g/mol. The molecule has 2 aromatic heterocycles. The number of nitrogens with one attached hydrogen (secondary N) is 2. The van der Waals surface area contributed by atoms with Crippen molar-refractivity contribution < 1.29 is 4.79 Å². The van der Waals surface area contributed by atoms with Crippen LogP contribution in [0.15, 0.2) is 73.2 Å². The summed E-state index contributed by atoms with van der Waals surface area (Å²) in [6.45, 7) is 2.78. The molecule has 0 spiro atoms. The van der Waals surface area contributed by atoms with Gasteiger partial charge in [0.2, 0.25) is 0 Å². The third kappa shape index (κ3) is 3.32. The Morgan fingerprint density at radius 3 is 2.93 bits per heavy atom. The van der Waals surface area contributed by atoms with Crippen molar-refractivity contribution in [2.24, 2.45) is 0 Å². The van der Waals surface area contributed by atoms with E-state index in [0.29, 0.717) is 18.2 Å². The molecule has 1 amide bonds. The molecule has 0 saturated heterocycles. The van der Waals surface area contributed by atoms with Gasteiger partial charge in [-0.1, -0.05) is 36.4 Å². The van der Waals surface area contributed by atoms with E-state index in [1.54, 1.807) is 6.20 Å². The first-order valence-electron chi connectivity index (χ1n) is 10.4. The van der Waals surface area contributed by atoms with Crippen LogP contribution >= 0.6 is 0 Å². The number of hydrogen-bond donors (Lipinski definition) is 2. The van der Waals surface area contributed by atoms with E-state index in [4.69, 9.17) is 0 Å². The summed E-state index contributed by atoms with van der Waals surface area (Å²) in [6.07, 6.45) is 7.26. The van der Waals surface area contributed by atoms with E-state index >= 15 is 0 Å². The summed E-state index contributed by atoms with van der Waals surface area (Å²) >= 11 is 0. The van der Waals surface area contributed by atoms with Gasteiger partial charge in [0, 0.05) is 41.6 Å². The maximum atomic E-state index is 12.8. The van der Waals surface area contributed by atoms with Crippen molar-refractivity contribution in [3.63, 3.8) is 0 Å². The van der Waals surface area contributed by atoms with Gasteiger partial charge in [-0.3, -0.25) is 9.78 Å². The number of para-hydroxylation sites is 2. The van der Waals surface area contributed by atoms with Crippen LogP contribution in [0, 0.1) is 0 Å². The Morgan fingerprint density at radius 1 is 1.17 bits per heavy atom. The molecule has 2 aromatic carbocycles. The highest BCUT2D eigenvalue weighted by atomic mass is 16.1.